The highest BCUT2D eigenvalue weighted by Gasteiger charge is 2.12. The number of allylic oxidation sites excluding steroid dienone is 1. The highest BCUT2D eigenvalue weighted by atomic mass is 14.7. The summed E-state index contributed by atoms with van der Waals surface area (Å²) in [4.78, 5) is 4.65. The Kier molecular flexibility index (Phi) is 3.46. The number of aryl methyl sites for hydroxylation is 1. The molecule has 0 aromatic heterocycles. The van der Waals surface area contributed by atoms with Crippen LogP contribution in [0.3, 0.4) is 0 Å². The van der Waals surface area contributed by atoms with Crippen LogP contribution in [0.5, 0.6) is 0 Å². The first-order valence-corrected chi connectivity index (χ1v) is 6.45. The molecule has 1 heterocycles. The highest BCUT2D eigenvalue weighted by Crippen LogP contribution is 2.16. The molecule has 1 heteroatoms. The molecule has 1 aromatic rings. The van der Waals surface area contributed by atoms with Gasteiger partial charge in [-0.2, -0.15) is 0 Å². The van der Waals surface area contributed by atoms with Crippen LogP contribution in [0.4, 0.5) is 0 Å². The van der Waals surface area contributed by atoms with Crippen molar-refractivity contribution in [2.45, 2.75) is 34.1 Å². The van der Waals surface area contributed by atoms with Crippen LogP contribution >= 0.6 is 0 Å². The highest BCUT2D eigenvalue weighted by molar-refractivity contribution is 5.61. The molecule has 2 rings (SSSR count). The van der Waals surface area contributed by atoms with Crippen LogP contribution in [-0.2, 0) is 0 Å². The van der Waals surface area contributed by atoms with E-state index in [0.29, 0.717) is 5.92 Å². The van der Waals surface area contributed by atoms with Gasteiger partial charge in [0.15, 0.2) is 0 Å². The van der Waals surface area contributed by atoms with Crippen LogP contribution in [0, 0.1) is 12.8 Å². The van der Waals surface area contributed by atoms with Gasteiger partial charge in [0.25, 0.3) is 0 Å². The summed E-state index contributed by atoms with van der Waals surface area (Å²) in [5.74, 6) is 0.607. The molecule has 90 valence electrons. The monoisotopic (exact) mass is 227 g/mol. The molecule has 0 spiro atoms. The van der Waals surface area contributed by atoms with Gasteiger partial charge < -0.3 is 0 Å². The largest absolute Gasteiger partial charge is 0.284 e. The SMILES string of the molecule is C/C=C\c1c(C)ccc2c1=C(C(C)C)CCN=2. The number of fused-ring (bicyclic) bond motifs is 1. The summed E-state index contributed by atoms with van der Waals surface area (Å²) < 4.78 is 0. The zero-order chi connectivity index (χ0) is 12.4. The zero-order valence-corrected chi connectivity index (χ0v) is 11.2. The van der Waals surface area contributed by atoms with Crippen molar-refractivity contribution in [1.82, 2.24) is 0 Å². The summed E-state index contributed by atoms with van der Waals surface area (Å²) in [5, 5.41) is 2.57. The molecule has 0 radical (unpaired) electrons. The summed E-state index contributed by atoms with van der Waals surface area (Å²) in [7, 11) is 0. The van der Waals surface area contributed by atoms with Crippen molar-refractivity contribution in [3.8, 4) is 0 Å². The lowest BCUT2D eigenvalue weighted by Crippen LogP contribution is -2.35. The predicted molar refractivity (Wildman–Crippen MR) is 74.4 cm³/mol. The van der Waals surface area contributed by atoms with Crippen LogP contribution in [0.25, 0.3) is 11.6 Å². The quantitative estimate of drug-likeness (QED) is 0.736. The Morgan fingerprint density at radius 1 is 1.29 bits per heavy atom. The van der Waals surface area contributed by atoms with Crippen molar-refractivity contribution in [2.24, 2.45) is 10.9 Å². The minimum atomic E-state index is 0.607. The van der Waals surface area contributed by atoms with E-state index in [0.717, 1.165) is 13.0 Å². The molecule has 0 aliphatic carbocycles. The Morgan fingerprint density at radius 2 is 2.06 bits per heavy atom. The van der Waals surface area contributed by atoms with E-state index >= 15 is 0 Å². The number of nitrogens with zero attached hydrogens (tertiary/aromatic N) is 1. The molecular weight excluding hydrogens is 206 g/mol. The fraction of sp³-hybridized carbons (Fsp3) is 0.438. The summed E-state index contributed by atoms with van der Waals surface area (Å²) in [5.41, 5.74) is 4.26. The zero-order valence-electron chi connectivity index (χ0n) is 11.2. The topological polar surface area (TPSA) is 12.4 Å². The van der Waals surface area contributed by atoms with E-state index in [1.54, 1.807) is 5.57 Å². The van der Waals surface area contributed by atoms with E-state index in [4.69, 9.17) is 0 Å². The van der Waals surface area contributed by atoms with Crippen molar-refractivity contribution >= 4 is 11.6 Å². The lowest BCUT2D eigenvalue weighted by Gasteiger charge is -2.17. The predicted octanol–water partition coefficient (Wildman–Crippen LogP) is 2.86. The molecule has 0 unspecified atom stereocenters. The first-order chi connectivity index (χ1) is 8.15. The maximum absolute atomic E-state index is 4.65. The van der Waals surface area contributed by atoms with E-state index in [-0.39, 0.29) is 0 Å². The van der Waals surface area contributed by atoms with Crippen LogP contribution in [0.1, 0.15) is 38.3 Å². The molecule has 0 atom stereocenters. The number of benzene rings is 1. The minimum Gasteiger partial charge on any atom is -0.284 e. The minimum absolute atomic E-state index is 0.607. The van der Waals surface area contributed by atoms with Crippen LogP contribution in [0.15, 0.2) is 23.2 Å². The first-order valence-electron chi connectivity index (χ1n) is 6.45. The molecule has 1 nitrogen and oxygen atoms in total. The van der Waals surface area contributed by atoms with E-state index in [2.05, 4.69) is 57.0 Å². The average Bonchev–Trinajstić information content (AvgIpc) is 2.32. The maximum Gasteiger partial charge on any atom is 0.0652 e. The standard InChI is InChI=1S/C16H21N/c1-5-6-14-12(4)7-8-15-16(14)13(11(2)3)9-10-17-15/h5-8,11H,9-10H2,1-4H3/b6-5-. The second-order valence-corrected chi connectivity index (χ2v) is 5.00. The molecule has 1 aromatic carbocycles. The van der Waals surface area contributed by atoms with Crippen molar-refractivity contribution in [3.05, 3.63) is 39.9 Å². The van der Waals surface area contributed by atoms with Gasteiger partial charge in [0, 0.05) is 11.8 Å². The number of hydrogen-bond acceptors (Lipinski definition) is 1. The third-order valence-electron chi connectivity index (χ3n) is 3.46. The van der Waals surface area contributed by atoms with Gasteiger partial charge in [-0.3, -0.25) is 4.99 Å². The molecule has 0 N–H and O–H groups in total. The Balaban J connectivity index is 2.91. The van der Waals surface area contributed by atoms with E-state index in [9.17, 15) is 0 Å². The first kappa shape index (κ1) is 12.1. The molecule has 0 fully saturated rings. The van der Waals surface area contributed by atoms with Gasteiger partial charge in [0.1, 0.15) is 0 Å². The molecular formula is C16H21N. The summed E-state index contributed by atoms with van der Waals surface area (Å²) in [6.07, 6.45) is 5.45. The smallest absolute Gasteiger partial charge is 0.0652 e. The Labute approximate surface area is 104 Å². The fourth-order valence-electron chi connectivity index (χ4n) is 2.56. The van der Waals surface area contributed by atoms with Gasteiger partial charge >= 0.3 is 0 Å². The maximum atomic E-state index is 4.65. The molecule has 1 aliphatic rings. The van der Waals surface area contributed by atoms with Gasteiger partial charge in [0.2, 0.25) is 0 Å². The van der Waals surface area contributed by atoms with E-state index in [1.165, 1.54) is 21.7 Å². The lowest BCUT2D eigenvalue weighted by molar-refractivity contribution is 0.775. The van der Waals surface area contributed by atoms with Crippen LogP contribution < -0.4 is 10.6 Å². The van der Waals surface area contributed by atoms with Crippen molar-refractivity contribution < 1.29 is 0 Å². The van der Waals surface area contributed by atoms with Crippen molar-refractivity contribution in [2.75, 3.05) is 6.54 Å². The average molecular weight is 227 g/mol. The van der Waals surface area contributed by atoms with Gasteiger partial charge in [-0.1, -0.05) is 37.6 Å². The van der Waals surface area contributed by atoms with Gasteiger partial charge in [-0.15, -0.1) is 0 Å². The van der Waals surface area contributed by atoms with Crippen LogP contribution in [0.2, 0.25) is 0 Å². The van der Waals surface area contributed by atoms with Crippen molar-refractivity contribution in [3.63, 3.8) is 0 Å². The van der Waals surface area contributed by atoms with Crippen molar-refractivity contribution in [1.29, 1.82) is 0 Å². The Bertz CT molecular complexity index is 562. The van der Waals surface area contributed by atoms with E-state index < -0.39 is 0 Å². The molecule has 1 aliphatic heterocycles. The Morgan fingerprint density at radius 3 is 2.71 bits per heavy atom. The second kappa shape index (κ2) is 4.87. The molecule has 0 saturated carbocycles. The number of rotatable bonds is 2. The van der Waals surface area contributed by atoms with Gasteiger partial charge in [-0.25, -0.2) is 0 Å². The third kappa shape index (κ3) is 2.19. The third-order valence-corrected chi connectivity index (χ3v) is 3.46. The lowest BCUT2D eigenvalue weighted by atomic mass is 9.91. The normalized spacial score (nSPS) is 15.2. The molecule has 0 bridgehead atoms. The van der Waals surface area contributed by atoms with Gasteiger partial charge in [0.05, 0.1) is 5.36 Å². The molecule has 0 amide bonds. The van der Waals surface area contributed by atoms with Gasteiger partial charge in [-0.05, 0) is 43.4 Å². The molecule has 17 heavy (non-hydrogen) atoms. The molecule has 0 saturated heterocycles. The Hall–Kier alpha value is -1.37. The second-order valence-electron chi connectivity index (χ2n) is 5.00. The number of hydrogen-bond donors (Lipinski definition) is 0. The summed E-state index contributed by atoms with van der Waals surface area (Å²) in [6, 6.07) is 4.35. The summed E-state index contributed by atoms with van der Waals surface area (Å²) >= 11 is 0. The fourth-order valence-corrected chi connectivity index (χ4v) is 2.56. The van der Waals surface area contributed by atoms with Crippen LogP contribution in [-0.4, -0.2) is 6.54 Å². The summed E-state index contributed by atoms with van der Waals surface area (Å²) in [6.45, 7) is 9.77. The van der Waals surface area contributed by atoms with E-state index in [1.807, 2.05) is 0 Å².